The molecule has 0 spiro atoms. The highest BCUT2D eigenvalue weighted by Gasteiger charge is 2.28. The lowest BCUT2D eigenvalue weighted by atomic mass is 9.92. The van der Waals surface area contributed by atoms with Gasteiger partial charge >= 0.3 is 0 Å². The summed E-state index contributed by atoms with van der Waals surface area (Å²) < 4.78 is 10.6. The summed E-state index contributed by atoms with van der Waals surface area (Å²) in [6.45, 7) is 1.03. The fourth-order valence-corrected chi connectivity index (χ4v) is 3.36. The molecule has 1 aliphatic carbocycles. The maximum absolute atomic E-state index is 5.32. The van der Waals surface area contributed by atoms with Gasteiger partial charge in [-0.1, -0.05) is 6.07 Å². The first-order chi connectivity index (χ1) is 9.28. The van der Waals surface area contributed by atoms with Crippen LogP contribution in [0.25, 0.3) is 0 Å². The molecule has 19 heavy (non-hydrogen) atoms. The van der Waals surface area contributed by atoms with E-state index in [1.165, 1.54) is 18.4 Å². The van der Waals surface area contributed by atoms with Crippen molar-refractivity contribution in [2.45, 2.75) is 30.6 Å². The Morgan fingerprint density at radius 2 is 2.00 bits per heavy atom. The number of rotatable bonds is 7. The SMILES string of the molecule is COc1ccc(CCNC2CCC2SC)cc1OC. The fraction of sp³-hybridized carbons (Fsp3) is 0.600. The van der Waals surface area contributed by atoms with Crippen LogP contribution in [0.3, 0.4) is 0 Å². The second kappa shape index (κ2) is 7.06. The summed E-state index contributed by atoms with van der Waals surface area (Å²) in [5.74, 6) is 1.60. The average molecular weight is 281 g/mol. The predicted octanol–water partition coefficient (Wildman–Crippen LogP) is 2.73. The highest BCUT2D eigenvalue weighted by atomic mass is 32.2. The maximum Gasteiger partial charge on any atom is 0.160 e. The smallest absolute Gasteiger partial charge is 0.160 e. The Kier molecular flexibility index (Phi) is 5.40. The molecule has 1 saturated carbocycles. The molecule has 1 aromatic carbocycles. The van der Waals surface area contributed by atoms with Gasteiger partial charge in [0.25, 0.3) is 0 Å². The first-order valence-electron chi connectivity index (χ1n) is 6.75. The van der Waals surface area contributed by atoms with Crippen LogP contribution in [0.4, 0.5) is 0 Å². The van der Waals surface area contributed by atoms with Gasteiger partial charge in [-0.3, -0.25) is 0 Å². The van der Waals surface area contributed by atoms with Crippen molar-refractivity contribution in [3.8, 4) is 11.5 Å². The van der Waals surface area contributed by atoms with Crippen molar-refractivity contribution in [1.29, 1.82) is 0 Å². The number of benzene rings is 1. The number of thioether (sulfide) groups is 1. The maximum atomic E-state index is 5.32. The van der Waals surface area contributed by atoms with E-state index in [-0.39, 0.29) is 0 Å². The van der Waals surface area contributed by atoms with Crippen LogP contribution in [0, 0.1) is 0 Å². The molecule has 1 aliphatic rings. The normalized spacial score (nSPS) is 21.8. The van der Waals surface area contributed by atoms with Crippen LogP contribution in [-0.2, 0) is 6.42 Å². The number of nitrogens with one attached hydrogen (secondary N) is 1. The Labute approximate surface area is 120 Å². The second-order valence-electron chi connectivity index (χ2n) is 4.85. The molecule has 1 N–H and O–H groups in total. The summed E-state index contributed by atoms with van der Waals surface area (Å²) in [6, 6.07) is 6.85. The molecule has 4 heteroatoms. The molecule has 0 aromatic heterocycles. The molecular formula is C15H23NO2S. The molecule has 0 bridgehead atoms. The van der Waals surface area contributed by atoms with Crippen LogP contribution in [0.2, 0.25) is 0 Å². The third-order valence-electron chi connectivity index (χ3n) is 3.78. The summed E-state index contributed by atoms with van der Waals surface area (Å²) in [6.07, 6.45) is 5.90. The molecule has 106 valence electrons. The lowest BCUT2D eigenvalue weighted by Crippen LogP contribution is -2.46. The monoisotopic (exact) mass is 281 g/mol. The molecule has 0 saturated heterocycles. The zero-order chi connectivity index (χ0) is 13.7. The summed E-state index contributed by atoms with van der Waals surface area (Å²) in [5.41, 5.74) is 1.28. The standard InChI is InChI=1S/C15H23NO2S/c1-17-13-6-4-11(10-14(13)18-2)8-9-16-12-5-7-15(12)19-3/h4,6,10,12,15-16H,5,7-9H2,1-3H3. The number of hydrogen-bond acceptors (Lipinski definition) is 4. The van der Waals surface area contributed by atoms with E-state index in [1.54, 1.807) is 14.2 Å². The van der Waals surface area contributed by atoms with Crippen molar-refractivity contribution in [2.75, 3.05) is 27.0 Å². The Morgan fingerprint density at radius 3 is 2.58 bits per heavy atom. The Balaban J connectivity index is 1.82. The second-order valence-corrected chi connectivity index (χ2v) is 5.93. The van der Waals surface area contributed by atoms with Crippen LogP contribution in [-0.4, -0.2) is 38.3 Å². The molecule has 3 nitrogen and oxygen atoms in total. The topological polar surface area (TPSA) is 30.5 Å². The van der Waals surface area contributed by atoms with Gasteiger partial charge in [-0.05, 0) is 49.8 Å². The zero-order valence-corrected chi connectivity index (χ0v) is 12.8. The molecule has 1 fully saturated rings. The van der Waals surface area contributed by atoms with Gasteiger partial charge in [0.15, 0.2) is 11.5 Å². The molecule has 0 radical (unpaired) electrons. The van der Waals surface area contributed by atoms with Crippen molar-refractivity contribution in [1.82, 2.24) is 5.32 Å². The number of methoxy groups -OCH3 is 2. The summed E-state index contributed by atoms with van der Waals surface area (Å²) in [7, 11) is 3.34. The van der Waals surface area contributed by atoms with Crippen molar-refractivity contribution in [3.63, 3.8) is 0 Å². The first kappa shape index (κ1) is 14.5. The van der Waals surface area contributed by atoms with Crippen LogP contribution in [0.5, 0.6) is 11.5 Å². The van der Waals surface area contributed by atoms with E-state index in [2.05, 4.69) is 23.7 Å². The van der Waals surface area contributed by atoms with Gasteiger partial charge in [0.05, 0.1) is 14.2 Å². The van der Waals surface area contributed by atoms with Crippen LogP contribution in [0.15, 0.2) is 18.2 Å². The van der Waals surface area contributed by atoms with Crippen LogP contribution >= 0.6 is 11.8 Å². The van der Waals surface area contributed by atoms with Crippen molar-refractivity contribution in [3.05, 3.63) is 23.8 Å². The predicted molar refractivity (Wildman–Crippen MR) is 81.6 cm³/mol. The third kappa shape index (κ3) is 3.57. The van der Waals surface area contributed by atoms with E-state index in [9.17, 15) is 0 Å². The van der Waals surface area contributed by atoms with Gasteiger partial charge in [-0.2, -0.15) is 11.8 Å². The first-order valence-corrected chi connectivity index (χ1v) is 8.04. The highest BCUT2D eigenvalue weighted by molar-refractivity contribution is 7.99. The quantitative estimate of drug-likeness (QED) is 0.832. The lowest BCUT2D eigenvalue weighted by Gasteiger charge is -2.36. The molecule has 2 rings (SSSR count). The van der Waals surface area contributed by atoms with Gasteiger partial charge in [0.2, 0.25) is 0 Å². The van der Waals surface area contributed by atoms with E-state index >= 15 is 0 Å². The Bertz CT molecular complexity index is 409. The molecule has 2 unspecified atom stereocenters. The number of ether oxygens (including phenoxy) is 2. The van der Waals surface area contributed by atoms with E-state index in [4.69, 9.17) is 9.47 Å². The summed E-state index contributed by atoms with van der Waals surface area (Å²) in [4.78, 5) is 0. The van der Waals surface area contributed by atoms with E-state index in [0.717, 1.165) is 29.7 Å². The Hall–Kier alpha value is -0.870. The molecule has 1 aromatic rings. The summed E-state index contributed by atoms with van der Waals surface area (Å²) in [5, 5.41) is 4.45. The van der Waals surface area contributed by atoms with Gasteiger partial charge < -0.3 is 14.8 Å². The van der Waals surface area contributed by atoms with E-state index in [1.807, 2.05) is 17.8 Å². The summed E-state index contributed by atoms with van der Waals surface area (Å²) >= 11 is 1.98. The minimum atomic E-state index is 0.704. The minimum Gasteiger partial charge on any atom is -0.493 e. The van der Waals surface area contributed by atoms with Crippen LogP contribution in [0.1, 0.15) is 18.4 Å². The zero-order valence-electron chi connectivity index (χ0n) is 11.9. The number of hydrogen-bond donors (Lipinski definition) is 1. The van der Waals surface area contributed by atoms with Gasteiger partial charge in [-0.25, -0.2) is 0 Å². The van der Waals surface area contributed by atoms with Crippen molar-refractivity contribution >= 4 is 11.8 Å². The molecule has 0 aliphatic heterocycles. The molecule has 0 amide bonds. The lowest BCUT2D eigenvalue weighted by molar-refractivity contribution is 0.352. The molecule has 0 heterocycles. The van der Waals surface area contributed by atoms with E-state index in [0.29, 0.717) is 6.04 Å². The largest absolute Gasteiger partial charge is 0.493 e. The fourth-order valence-electron chi connectivity index (χ4n) is 2.42. The molecular weight excluding hydrogens is 258 g/mol. The van der Waals surface area contributed by atoms with Crippen molar-refractivity contribution < 1.29 is 9.47 Å². The van der Waals surface area contributed by atoms with Gasteiger partial charge in [0.1, 0.15) is 0 Å². The Morgan fingerprint density at radius 1 is 1.21 bits per heavy atom. The van der Waals surface area contributed by atoms with E-state index < -0.39 is 0 Å². The average Bonchev–Trinajstić information content (AvgIpc) is 2.42. The van der Waals surface area contributed by atoms with Crippen LogP contribution < -0.4 is 14.8 Å². The van der Waals surface area contributed by atoms with Crippen molar-refractivity contribution in [2.24, 2.45) is 0 Å². The van der Waals surface area contributed by atoms with Gasteiger partial charge in [-0.15, -0.1) is 0 Å². The minimum absolute atomic E-state index is 0.704. The third-order valence-corrected chi connectivity index (χ3v) is 4.95. The van der Waals surface area contributed by atoms with Gasteiger partial charge in [0, 0.05) is 11.3 Å². The highest BCUT2D eigenvalue weighted by Crippen LogP contribution is 2.30. The molecule has 2 atom stereocenters.